The predicted molar refractivity (Wildman–Crippen MR) is 102 cm³/mol. The zero-order valence-electron chi connectivity index (χ0n) is 16.0. The van der Waals surface area contributed by atoms with Crippen LogP contribution in [0, 0.1) is 5.92 Å². The summed E-state index contributed by atoms with van der Waals surface area (Å²) in [6.07, 6.45) is 0. The van der Waals surface area contributed by atoms with Gasteiger partial charge < -0.3 is 14.8 Å². The Morgan fingerprint density at radius 1 is 1.04 bits per heavy atom. The van der Waals surface area contributed by atoms with Crippen LogP contribution in [-0.2, 0) is 14.3 Å². The Morgan fingerprint density at radius 3 is 2.31 bits per heavy atom. The van der Waals surface area contributed by atoms with E-state index in [-0.39, 0.29) is 17.7 Å². The molecule has 0 saturated carbocycles. The van der Waals surface area contributed by atoms with Gasteiger partial charge in [-0.1, -0.05) is 38.1 Å². The lowest BCUT2D eigenvalue weighted by Crippen LogP contribution is -2.46. The summed E-state index contributed by atoms with van der Waals surface area (Å²) < 4.78 is 10.3. The van der Waals surface area contributed by atoms with Gasteiger partial charge in [-0.05, 0) is 48.2 Å². The number of amides is 1. The molecule has 0 fully saturated rings. The number of nitrogens with one attached hydrogen (secondary N) is 1. The maximum Gasteiger partial charge on any atom is 0.328 e. The van der Waals surface area contributed by atoms with Gasteiger partial charge in [-0.25, -0.2) is 4.79 Å². The average molecular weight is 357 g/mol. The maximum absolute atomic E-state index is 12.7. The number of carbonyl (C=O) groups excluding carboxylic acids is 2. The van der Waals surface area contributed by atoms with Crippen molar-refractivity contribution in [1.82, 2.24) is 5.32 Å². The molecule has 1 N–H and O–H groups in total. The second-order valence-corrected chi connectivity index (χ2v) is 6.68. The van der Waals surface area contributed by atoms with Gasteiger partial charge in [0.25, 0.3) is 0 Å². The lowest BCUT2D eigenvalue weighted by Gasteiger charge is -2.22. The van der Waals surface area contributed by atoms with E-state index < -0.39 is 12.0 Å². The summed E-state index contributed by atoms with van der Waals surface area (Å²) >= 11 is 0. The van der Waals surface area contributed by atoms with Crippen LogP contribution in [0.5, 0.6) is 5.75 Å². The third kappa shape index (κ3) is 4.54. The second kappa shape index (κ2) is 8.70. The van der Waals surface area contributed by atoms with Gasteiger partial charge in [0.2, 0.25) is 5.91 Å². The number of ether oxygens (including phenoxy) is 2. The minimum absolute atomic E-state index is 0.0470. The number of hydrogen-bond acceptors (Lipinski definition) is 4. The molecule has 2 rings (SSSR count). The van der Waals surface area contributed by atoms with Crippen molar-refractivity contribution in [2.75, 3.05) is 13.7 Å². The van der Waals surface area contributed by atoms with Crippen LogP contribution in [0.15, 0.2) is 36.4 Å². The van der Waals surface area contributed by atoms with E-state index in [1.54, 1.807) is 14.0 Å². The van der Waals surface area contributed by atoms with Crippen molar-refractivity contribution in [3.63, 3.8) is 0 Å². The van der Waals surface area contributed by atoms with E-state index in [9.17, 15) is 9.59 Å². The Balaban J connectivity index is 2.18. The smallest absolute Gasteiger partial charge is 0.328 e. The van der Waals surface area contributed by atoms with Crippen LogP contribution in [0.3, 0.4) is 0 Å². The third-order valence-electron chi connectivity index (χ3n) is 4.47. The predicted octanol–water partition coefficient (Wildman–Crippen LogP) is 3.66. The minimum atomic E-state index is -0.644. The minimum Gasteiger partial charge on any atom is -0.497 e. The Morgan fingerprint density at radius 2 is 1.69 bits per heavy atom. The molecule has 5 nitrogen and oxygen atoms in total. The fourth-order valence-corrected chi connectivity index (χ4v) is 2.80. The van der Waals surface area contributed by atoms with Gasteiger partial charge in [0.15, 0.2) is 0 Å². The normalized spacial score (nSPS) is 13.3. The molecule has 5 heteroatoms. The first-order valence-electron chi connectivity index (χ1n) is 8.92. The lowest BCUT2D eigenvalue weighted by molar-refractivity contribution is -0.148. The highest BCUT2D eigenvalue weighted by Gasteiger charge is 2.27. The van der Waals surface area contributed by atoms with Crippen molar-refractivity contribution in [3.05, 3.63) is 42.0 Å². The highest BCUT2D eigenvalue weighted by Crippen LogP contribution is 2.25. The fourth-order valence-electron chi connectivity index (χ4n) is 2.80. The molecule has 140 valence electrons. The highest BCUT2D eigenvalue weighted by molar-refractivity contribution is 5.90. The van der Waals surface area contributed by atoms with Gasteiger partial charge in [-0.15, -0.1) is 0 Å². The van der Waals surface area contributed by atoms with Crippen LogP contribution in [0.4, 0.5) is 0 Å². The first-order chi connectivity index (χ1) is 12.4. The first kappa shape index (κ1) is 19.8. The summed E-state index contributed by atoms with van der Waals surface area (Å²) in [6, 6.07) is 11.1. The molecule has 0 aromatic heterocycles. The molecule has 0 heterocycles. The molecule has 0 aliphatic rings. The number of carbonyl (C=O) groups is 2. The molecule has 2 aromatic rings. The van der Waals surface area contributed by atoms with Gasteiger partial charge in [0, 0.05) is 0 Å². The Bertz CT molecular complexity index is 785. The van der Waals surface area contributed by atoms with Crippen LogP contribution in [0.2, 0.25) is 0 Å². The van der Waals surface area contributed by atoms with Crippen LogP contribution in [0.1, 0.15) is 39.2 Å². The molecule has 0 aliphatic carbocycles. The largest absolute Gasteiger partial charge is 0.497 e. The molecule has 0 saturated heterocycles. The van der Waals surface area contributed by atoms with Crippen LogP contribution in [-0.4, -0.2) is 31.6 Å². The fraction of sp³-hybridized carbons (Fsp3) is 0.429. The summed E-state index contributed by atoms with van der Waals surface area (Å²) in [5.74, 6) is -0.213. The summed E-state index contributed by atoms with van der Waals surface area (Å²) in [5, 5.41) is 4.92. The van der Waals surface area contributed by atoms with Crippen molar-refractivity contribution in [2.24, 2.45) is 5.92 Å². The second-order valence-electron chi connectivity index (χ2n) is 6.68. The van der Waals surface area contributed by atoms with Gasteiger partial charge in [0.1, 0.15) is 11.8 Å². The quantitative estimate of drug-likeness (QED) is 0.768. The number of benzene rings is 2. The van der Waals surface area contributed by atoms with E-state index in [4.69, 9.17) is 9.47 Å². The molecule has 0 aliphatic heterocycles. The molecule has 26 heavy (non-hydrogen) atoms. The van der Waals surface area contributed by atoms with E-state index in [0.717, 1.165) is 22.1 Å². The van der Waals surface area contributed by atoms with E-state index >= 15 is 0 Å². The first-order valence-corrected chi connectivity index (χ1v) is 8.92. The van der Waals surface area contributed by atoms with Gasteiger partial charge in [0.05, 0.1) is 19.6 Å². The monoisotopic (exact) mass is 357 g/mol. The van der Waals surface area contributed by atoms with Gasteiger partial charge in [-0.2, -0.15) is 0 Å². The molecule has 0 spiro atoms. The lowest BCUT2D eigenvalue weighted by atomic mass is 9.96. The van der Waals surface area contributed by atoms with Crippen molar-refractivity contribution < 1.29 is 19.1 Å². The molecule has 0 radical (unpaired) electrons. The maximum atomic E-state index is 12.7. The molecule has 2 aromatic carbocycles. The summed E-state index contributed by atoms with van der Waals surface area (Å²) in [6.45, 7) is 7.65. The molecule has 0 bridgehead atoms. The SMILES string of the molecule is CCOC(=O)C(NC(=O)C(C)c1ccc2cc(OC)ccc2c1)C(C)C. The van der Waals surface area contributed by atoms with E-state index in [2.05, 4.69) is 5.32 Å². The van der Waals surface area contributed by atoms with Crippen molar-refractivity contribution in [2.45, 2.75) is 39.7 Å². The third-order valence-corrected chi connectivity index (χ3v) is 4.47. The van der Waals surface area contributed by atoms with Gasteiger partial charge in [-0.3, -0.25) is 4.79 Å². The van der Waals surface area contributed by atoms with Crippen molar-refractivity contribution in [1.29, 1.82) is 0 Å². The Labute approximate surface area is 154 Å². The number of esters is 1. The zero-order valence-corrected chi connectivity index (χ0v) is 16.0. The van der Waals surface area contributed by atoms with Gasteiger partial charge >= 0.3 is 5.97 Å². The average Bonchev–Trinajstić information content (AvgIpc) is 2.64. The molecule has 2 unspecified atom stereocenters. The van der Waals surface area contributed by atoms with Crippen LogP contribution in [0.25, 0.3) is 10.8 Å². The van der Waals surface area contributed by atoms with Crippen LogP contribution >= 0.6 is 0 Å². The highest BCUT2D eigenvalue weighted by atomic mass is 16.5. The number of methoxy groups -OCH3 is 1. The molecule has 2 atom stereocenters. The summed E-state index contributed by atoms with van der Waals surface area (Å²) in [4.78, 5) is 24.7. The van der Waals surface area contributed by atoms with Crippen molar-refractivity contribution >= 4 is 22.6 Å². The summed E-state index contributed by atoms with van der Waals surface area (Å²) in [5.41, 5.74) is 0.895. The van der Waals surface area contributed by atoms with E-state index in [1.807, 2.05) is 57.2 Å². The van der Waals surface area contributed by atoms with Crippen LogP contribution < -0.4 is 10.1 Å². The Kier molecular flexibility index (Phi) is 6.61. The summed E-state index contributed by atoms with van der Waals surface area (Å²) in [7, 11) is 1.64. The number of fused-ring (bicyclic) bond motifs is 1. The van der Waals surface area contributed by atoms with E-state index in [1.165, 1.54) is 0 Å². The number of hydrogen-bond donors (Lipinski definition) is 1. The Hall–Kier alpha value is -2.56. The molecular weight excluding hydrogens is 330 g/mol. The standard InChI is InChI=1S/C21H27NO4/c1-6-26-21(24)19(13(2)3)22-20(23)14(4)15-7-8-17-12-18(25-5)10-9-16(17)11-15/h7-14,19H,6H2,1-5H3,(H,22,23). The topological polar surface area (TPSA) is 64.6 Å². The van der Waals surface area contributed by atoms with Crippen molar-refractivity contribution in [3.8, 4) is 5.75 Å². The molecular formula is C21H27NO4. The zero-order chi connectivity index (χ0) is 19.3. The van der Waals surface area contributed by atoms with E-state index in [0.29, 0.717) is 6.61 Å². The molecule has 1 amide bonds. The number of rotatable bonds is 7.